The lowest BCUT2D eigenvalue weighted by Gasteiger charge is -2.12. The molecule has 0 radical (unpaired) electrons. The van der Waals surface area contributed by atoms with Crippen LogP contribution in [0.1, 0.15) is 16.7 Å². The number of nitrogens with zero attached hydrogens (tertiary/aromatic N) is 1. The molecule has 6 nitrogen and oxygen atoms in total. The third-order valence-corrected chi connectivity index (χ3v) is 4.91. The minimum atomic E-state index is -0.515. The quantitative estimate of drug-likeness (QED) is 0.525. The van der Waals surface area contributed by atoms with Crippen molar-refractivity contribution in [3.63, 3.8) is 0 Å². The molecule has 0 saturated heterocycles. The van der Waals surface area contributed by atoms with E-state index in [9.17, 15) is 4.79 Å². The van der Waals surface area contributed by atoms with E-state index in [1.54, 1.807) is 18.2 Å². The van der Waals surface area contributed by atoms with Gasteiger partial charge < -0.3 is 18.9 Å². The van der Waals surface area contributed by atoms with Crippen LogP contribution in [0, 0.1) is 6.92 Å². The zero-order chi connectivity index (χ0) is 19.6. The highest BCUT2D eigenvalue weighted by Gasteiger charge is 2.25. The van der Waals surface area contributed by atoms with Crippen LogP contribution in [0.25, 0.3) is 6.08 Å². The Hall–Kier alpha value is -2.80. The normalized spacial score (nSPS) is 14.8. The number of ether oxygens (including phenoxy) is 4. The molecule has 1 aliphatic heterocycles. The van der Waals surface area contributed by atoms with E-state index in [0.29, 0.717) is 22.8 Å². The first-order chi connectivity index (χ1) is 13.0. The number of benzene rings is 2. The summed E-state index contributed by atoms with van der Waals surface area (Å²) in [4.78, 5) is 16.6. The molecular weight excluding hydrogens is 414 g/mol. The van der Waals surface area contributed by atoms with Gasteiger partial charge in [-0.15, -0.1) is 0 Å². The fourth-order valence-corrected chi connectivity index (χ4v) is 2.90. The Labute approximate surface area is 165 Å². The predicted molar refractivity (Wildman–Crippen MR) is 106 cm³/mol. The summed E-state index contributed by atoms with van der Waals surface area (Å²) in [5.41, 5.74) is 2.62. The van der Waals surface area contributed by atoms with Gasteiger partial charge in [0.1, 0.15) is 0 Å². The largest absolute Gasteiger partial charge is 0.493 e. The van der Waals surface area contributed by atoms with Gasteiger partial charge in [-0.3, -0.25) is 0 Å². The molecule has 3 rings (SSSR count). The van der Waals surface area contributed by atoms with Crippen LogP contribution in [0.5, 0.6) is 17.2 Å². The topological polar surface area (TPSA) is 66.4 Å². The number of rotatable bonds is 5. The number of esters is 1. The van der Waals surface area contributed by atoms with Crippen LogP contribution < -0.4 is 14.2 Å². The summed E-state index contributed by atoms with van der Waals surface area (Å²) in [6.45, 7) is 1.96. The molecule has 0 aromatic heterocycles. The van der Waals surface area contributed by atoms with E-state index in [0.717, 1.165) is 15.6 Å². The van der Waals surface area contributed by atoms with E-state index in [1.807, 2.05) is 25.1 Å². The Morgan fingerprint density at radius 1 is 1.04 bits per heavy atom. The summed E-state index contributed by atoms with van der Waals surface area (Å²) < 4.78 is 22.3. The van der Waals surface area contributed by atoms with E-state index in [1.165, 1.54) is 21.3 Å². The van der Waals surface area contributed by atoms with E-state index in [2.05, 4.69) is 20.9 Å². The Morgan fingerprint density at radius 2 is 1.70 bits per heavy atom. The second kappa shape index (κ2) is 7.84. The first kappa shape index (κ1) is 19.0. The highest BCUT2D eigenvalue weighted by Crippen LogP contribution is 2.39. The van der Waals surface area contributed by atoms with Crippen molar-refractivity contribution < 1.29 is 23.7 Å². The van der Waals surface area contributed by atoms with Crippen LogP contribution in [-0.4, -0.2) is 33.2 Å². The zero-order valence-electron chi connectivity index (χ0n) is 15.3. The van der Waals surface area contributed by atoms with Gasteiger partial charge in [0.25, 0.3) is 0 Å². The Balaban J connectivity index is 2.00. The summed E-state index contributed by atoms with van der Waals surface area (Å²) in [7, 11) is 4.60. The van der Waals surface area contributed by atoms with Gasteiger partial charge in [-0.25, -0.2) is 9.79 Å². The summed E-state index contributed by atoms with van der Waals surface area (Å²) in [6, 6.07) is 9.10. The van der Waals surface area contributed by atoms with Crippen LogP contribution in [0.2, 0.25) is 0 Å². The van der Waals surface area contributed by atoms with Gasteiger partial charge in [-0.05, 0) is 54.5 Å². The lowest BCUT2D eigenvalue weighted by molar-refractivity contribution is -0.129. The maximum Gasteiger partial charge on any atom is 0.363 e. The third-order valence-electron chi connectivity index (χ3n) is 4.02. The van der Waals surface area contributed by atoms with Crippen molar-refractivity contribution in [3.05, 3.63) is 57.2 Å². The number of carbonyl (C=O) groups is 1. The van der Waals surface area contributed by atoms with Gasteiger partial charge in [-0.2, -0.15) is 0 Å². The number of cyclic esters (lactones) is 1. The maximum atomic E-state index is 12.2. The van der Waals surface area contributed by atoms with E-state index in [-0.39, 0.29) is 11.6 Å². The number of carbonyl (C=O) groups excluding carboxylic acids is 1. The van der Waals surface area contributed by atoms with Gasteiger partial charge in [0.2, 0.25) is 11.6 Å². The van der Waals surface area contributed by atoms with Crippen molar-refractivity contribution in [2.75, 3.05) is 21.3 Å². The molecule has 0 unspecified atom stereocenters. The number of hydrogen-bond donors (Lipinski definition) is 0. The molecule has 1 aliphatic rings. The molecule has 0 bridgehead atoms. The van der Waals surface area contributed by atoms with Crippen LogP contribution in [-0.2, 0) is 9.53 Å². The minimum absolute atomic E-state index is 0.194. The molecule has 0 fully saturated rings. The number of aryl methyl sites for hydroxylation is 1. The summed E-state index contributed by atoms with van der Waals surface area (Å²) >= 11 is 3.45. The van der Waals surface area contributed by atoms with Crippen molar-refractivity contribution >= 4 is 33.9 Å². The van der Waals surface area contributed by atoms with Gasteiger partial charge in [0.05, 0.1) is 21.3 Å². The first-order valence-corrected chi connectivity index (χ1v) is 8.85. The molecule has 0 aliphatic carbocycles. The lowest BCUT2D eigenvalue weighted by atomic mass is 10.1. The van der Waals surface area contributed by atoms with Gasteiger partial charge in [0.15, 0.2) is 17.2 Å². The molecular formula is C20H18BrNO5. The fraction of sp³-hybridized carbons (Fsp3) is 0.200. The molecule has 7 heteroatoms. The second-order valence-corrected chi connectivity index (χ2v) is 6.61. The number of aliphatic imine (C=N–C) groups is 1. The molecule has 2 aromatic rings. The predicted octanol–water partition coefficient (Wildman–Crippen LogP) is 4.13. The van der Waals surface area contributed by atoms with E-state index >= 15 is 0 Å². The third kappa shape index (κ3) is 3.83. The molecule has 1 heterocycles. The molecule has 0 saturated carbocycles. The van der Waals surface area contributed by atoms with Crippen molar-refractivity contribution in [2.45, 2.75) is 6.92 Å². The molecule has 0 atom stereocenters. The molecule has 27 heavy (non-hydrogen) atoms. The molecule has 2 aromatic carbocycles. The molecule has 140 valence electrons. The highest BCUT2D eigenvalue weighted by atomic mass is 79.9. The molecule has 0 spiro atoms. The number of halogens is 1. The van der Waals surface area contributed by atoms with Crippen LogP contribution >= 0.6 is 15.9 Å². The highest BCUT2D eigenvalue weighted by molar-refractivity contribution is 9.10. The molecule has 0 N–H and O–H groups in total. The summed E-state index contributed by atoms with van der Waals surface area (Å²) in [5, 5.41) is 0. The number of hydrogen-bond acceptors (Lipinski definition) is 6. The Kier molecular flexibility index (Phi) is 5.51. The fourth-order valence-electron chi connectivity index (χ4n) is 2.65. The standard InChI is InChI=1S/C20H18BrNO5/c1-11-7-13(5-6-14(11)21)19-22-15(20(23)27-19)8-12-9-16(24-2)18(26-4)17(10-12)25-3/h5-10H,1-4H3/b15-8-. The van der Waals surface area contributed by atoms with Crippen molar-refractivity contribution in [1.29, 1.82) is 0 Å². The Morgan fingerprint density at radius 3 is 2.26 bits per heavy atom. The molecule has 0 amide bonds. The van der Waals surface area contributed by atoms with Gasteiger partial charge in [-0.1, -0.05) is 15.9 Å². The average molecular weight is 432 g/mol. The zero-order valence-corrected chi connectivity index (χ0v) is 16.9. The van der Waals surface area contributed by atoms with Crippen LogP contribution in [0.4, 0.5) is 0 Å². The minimum Gasteiger partial charge on any atom is -0.493 e. The SMILES string of the molecule is COc1cc(/C=C2\N=C(c3ccc(Br)c(C)c3)OC2=O)cc(OC)c1OC. The smallest absolute Gasteiger partial charge is 0.363 e. The van der Waals surface area contributed by atoms with Gasteiger partial charge in [0, 0.05) is 10.0 Å². The summed E-state index contributed by atoms with van der Waals surface area (Å²) in [6.07, 6.45) is 1.62. The number of methoxy groups -OCH3 is 3. The lowest BCUT2D eigenvalue weighted by Crippen LogP contribution is -2.05. The van der Waals surface area contributed by atoms with E-state index < -0.39 is 5.97 Å². The van der Waals surface area contributed by atoms with Crippen LogP contribution in [0.3, 0.4) is 0 Å². The van der Waals surface area contributed by atoms with Crippen molar-refractivity contribution in [1.82, 2.24) is 0 Å². The van der Waals surface area contributed by atoms with Crippen molar-refractivity contribution in [3.8, 4) is 17.2 Å². The Bertz CT molecular complexity index is 940. The second-order valence-electron chi connectivity index (χ2n) is 5.76. The van der Waals surface area contributed by atoms with E-state index in [4.69, 9.17) is 18.9 Å². The first-order valence-electron chi connectivity index (χ1n) is 8.06. The average Bonchev–Trinajstić information content (AvgIpc) is 3.03. The van der Waals surface area contributed by atoms with Crippen LogP contribution in [0.15, 0.2) is 45.5 Å². The maximum absolute atomic E-state index is 12.2. The van der Waals surface area contributed by atoms with Gasteiger partial charge >= 0.3 is 5.97 Å². The monoisotopic (exact) mass is 431 g/mol. The summed E-state index contributed by atoms with van der Waals surface area (Å²) in [5.74, 6) is 1.21. The van der Waals surface area contributed by atoms with Crippen molar-refractivity contribution in [2.24, 2.45) is 4.99 Å².